The maximum Gasteiger partial charge on any atom is 0.126 e. The lowest BCUT2D eigenvalue weighted by atomic mass is 10.1. The third-order valence-electron chi connectivity index (χ3n) is 3.28. The molecular formula is C15H18N2O2. The first-order chi connectivity index (χ1) is 9.43. The van der Waals surface area contributed by atoms with Crippen molar-refractivity contribution in [2.75, 3.05) is 26.3 Å². The molecule has 19 heavy (non-hydrogen) atoms. The highest BCUT2D eigenvalue weighted by atomic mass is 16.5. The van der Waals surface area contributed by atoms with Crippen LogP contribution in [0.2, 0.25) is 0 Å². The van der Waals surface area contributed by atoms with Crippen LogP contribution in [0.5, 0.6) is 0 Å². The fraction of sp³-hybridized carbons (Fsp3) is 0.333. The van der Waals surface area contributed by atoms with Gasteiger partial charge < -0.3 is 9.15 Å². The van der Waals surface area contributed by atoms with Crippen LogP contribution < -0.4 is 5.43 Å². The number of nitrogens with zero attached hydrogens (tertiary/aromatic N) is 1. The van der Waals surface area contributed by atoms with Gasteiger partial charge in [0, 0.05) is 13.1 Å². The van der Waals surface area contributed by atoms with Gasteiger partial charge in [-0.15, -0.1) is 0 Å². The zero-order valence-electron chi connectivity index (χ0n) is 10.8. The van der Waals surface area contributed by atoms with Crippen molar-refractivity contribution in [2.24, 2.45) is 0 Å². The number of hydrogen-bond donors (Lipinski definition) is 1. The fourth-order valence-electron chi connectivity index (χ4n) is 2.28. The van der Waals surface area contributed by atoms with E-state index in [9.17, 15) is 0 Å². The molecule has 4 heteroatoms. The van der Waals surface area contributed by atoms with E-state index in [0.29, 0.717) is 0 Å². The molecule has 1 aliphatic rings. The number of morpholine rings is 1. The van der Waals surface area contributed by atoms with Gasteiger partial charge in [-0.2, -0.15) is 0 Å². The van der Waals surface area contributed by atoms with E-state index >= 15 is 0 Å². The highest BCUT2D eigenvalue weighted by Gasteiger charge is 2.20. The van der Waals surface area contributed by atoms with Gasteiger partial charge in [-0.05, 0) is 17.7 Å². The maximum absolute atomic E-state index is 5.57. The van der Waals surface area contributed by atoms with E-state index in [1.165, 1.54) is 5.56 Å². The highest BCUT2D eigenvalue weighted by Crippen LogP contribution is 2.22. The van der Waals surface area contributed by atoms with E-state index < -0.39 is 0 Å². The lowest BCUT2D eigenvalue weighted by molar-refractivity contribution is 0.00499. The molecule has 3 rings (SSSR count). The second-order valence-electron chi connectivity index (χ2n) is 4.59. The van der Waals surface area contributed by atoms with E-state index in [2.05, 4.69) is 22.6 Å². The van der Waals surface area contributed by atoms with Crippen molar-refractivity contribution in [3.63, 3.8) is 0 Å². The van der Waals surface area contributed by atoms with Gasteiger partial charge in [0.25, 0.3) is 0 Å². The van der Waals surface area contributed by atoms with Gasteiger partial charge in [0.15, 0.2) is 0 Å². The number of hydrazine groups is 1. The predicted octanol–water partition coefficient (Wildman–Crippen LogP) is 2.21. The smallest absolute Gasteiger partial charge is 0.126 e. The summed E-state index contributed by atoms with van der Waals surface area (Å²) in [5, 5.41) is 2.20. The van der Waals surface area contributed by atoms with E-state index in [1.807, 2.05) is 30.3 Å². The van der Waals surface area contributed by atoms with Crippen LogP contribution in [-0.2, 0) is 4.74 Å². The molecule has 0 radical (unpaired) electrons. The van der Waals surface area contributed by atoms with Crippen molar-refractivity contribution in [2.45, 2.75) is 6.04 Å². The minimum absolute atomic E-state index is 0.0503. The summed E-state index contributed by atoms with van der Waals surface area (Å²) < 4.78 is 10.9. The average Bonchev–Trinajstić information content (AvgIpc) is 3.01. The van der Waals surface area contributed by atoms with Crippen molar-refractivity contribution in [3.05, 3.63) is 60.1 Å². The second kappa shape index (κ2) is 6.02. The van der Waals surface area contributed by atoms with Gasteiger partial charge in [0.2, 0.25) is 0 Å². The molecule has 4 nitrogen and oxygen atoms in total. The Morgan fingerprint density at radius 2 is 1.79 bits per heavy atom. The molecule has 2 aromatic rings. The summed E-state index contributed by atoms with van der Waals surface area (Å²) in [6, 6.07) is 14.3. The Hall–Kier alpha value is -1.62. The first-order valence-corrected chi connectivity index (χ1v) is 6.61. The third kappa shape index (κ3) is 3.04. The second-order valence-corrected chi connectivity index (χ2v) is 4.59. The molecule has 100 valence electrons. The molecule has 1 N–H and O–H groups in total. The standard InChI is InChI=1S/C15H18N2O2/c1-2-5-13(6-3-1)15(14-7-4-10-19-14)16-17-8-11-18-12-9-17/h1-7,10,15-16H,8-9,11-12H2. The van der Waals surface area contributed by atoms with Gasteiger partial charge in [0.05, 0.1) is 19.5 Å². The topological polar surface area (TPSA) is 37.6 Å². The molecule has 2 heterocycles. The third-order valence-corrected chi connectivity index (χ3v) is 3.28. The van der Waals surface area contributed by atoms with Crippen LogP contribution >= 0.6 is 0 Å². The lowest BCUT2D eigenvalue weighted by Gasteiger charge is -2.31. The molecule has 1 fully saturated rings. The van der Waals surface area contributed by atoms with Crippen molar-refractivity contribution < 1.29 is 9.15 Å². The van der Waals surface area contributed by atoms with Crippen LogP contribution in [0.3, 0.4) is 0 Å². The molecule has 1 atom stereocenters. The number of furan rings is 1. The SMILES string of the molecule is c1ccc(C(NN2CCOCC2)c2ccco2)cc1. The van der Waals surface area contributed by atoms with Crippen molar-refractivity contribution in [1.29, 1.82) is 0 Å². The molecule has 0 amide bonds. The summed E-state index contributed by atoms with van der Waals surface area (Å²) in [6.07, 6.45) is 1.71. The normalized spacial score (nSPS) is 18.3. The van der Waals surface area contributed by atoms with Crippen LogP contribution in [0, 0.1) is 0 Å². The Balaban J connectivity index is 1.80. The van der Waals surface area contributed by atoms with Crippen LogP contribution in [0.15, 0.2) is 53.1 Å². The molecule has 1 aliphatic heterocycles. The molecule has 0 aliphatic carbocycles. The minimum Gasteiger partial charge on any atom is -0.467 e. The monoisotopic (exact) mass is 258 g/mol. The zero-order valence-corrected chi connectivity index (χ0v) is 10.8. The van der Waals surface area contributed by atoms with Gasteiger partial charge in [0.1, 0.15) is 11.8 Å². The van der Waals surface area contributed by atoms with Gasteiger partial charge in [-0.3, -0.25) is 0 Å². The molecule has 1 unspecified atom stereocenters. The molecule has 1 aromatic carbocycles. The van der Waals surface area contributed by atoms with E-state index in [4.69, 9.17) is 9.15 Å². The molecule has 0 spiro atoms. The summed E-state index contributed by atoms with van der Waals surface area (Å²) in [4.78, 5) is 0. The minimum atomic E-state index is 0.0503. The van der Waals surface area contributed by atoms with Crippen molar-refractivity contribution in [3.8, 4) is 0 Å². The Morgan fingerprint density at radius 3 is 2.47 bits per heavy atom. The summed E-state index contributed by atoms with van der Waals surface area (Å²) in [5.74, 6) is 0.928. The number of rotatable bonds is 4. The van der Waals surface area contributed by atoms with E-state index in [-0.39, 0.29) is 6.04 Å². The zero-order chi connectivity index (χ0) is 12.9. The maximum atomic E-state index is 5.57. The van der Waals surface area contributed by atoms with Gasteiger partial charge in [-0.25, -0.2) is 10.4 Å². The van der Waals surface area contributed by atoms with E-state index in [0.717, 1.165) is 32.1 Å². The van der Waals surface area contributed by atoms with E-state index in [1.54, 1.807) is 6.26 Å². The Bertz CT molecular complexity index is 478. The Kier molecular flexibility index (Phi) is 3.93. The molecular weight excluding hydrogens is 240 g/mol. The van der Waals surface area contributed by atoms with Crippen molar-refractivity contribution in [1.82, 2.24) is 10.4 Å². The van der Waals surface area contributed by atoms with Crippen LogP contribution in [0.1, 0.15) is 17.4 Å². The number of benzene rings is 1. The number of nitrogens with one attached hydrogen (secondary N) is 1. The van der Waals surface area contributed by atoms with Crippen LogP contribution in [-0.4, -0.2) is 31.3 Å². The molecule has 1 saturated heterocycles. The Labute approximate surface area is 112 Å². The van der Waals surface area contributed by atoms with Crippen LogP contribution in [0.4, 0.5) is 0 Å². The highest BCUT2D eigenvalue weighted by molar-refractivity contribution is 5.26. The molecule has 1 aromatic heterocycles. The number of hydrogen-bond acceptors (Lipinski definition) is 4. The number of ether oxygens (including phenoxy) is 1. The summed E-state index contributed by atoms with van der Waals surface area (Å²) in [6.45, 7) is 3.33. The average molecular weight is 258 g/mol. The molecule has 0 saturated carbocycles. The molecule has 0 bridgehead atoms. The summed E-state index contributed by atoms with van der Waals surface area (Å²) in [5.41, 5.74) is 4.73. The predicted molar refractivity (Wildman–Crippen MR) is 72.5 cm³/mol. The summed E-state index contributed by atoms with van der Waals surface area (Å²) >= 11 is 0. The lowest BCUT2D eigenvalue weighted by Crippen LogP contribution is -2.47. The first-order valence-electron chi connectivity index (χ1n) is 6.61. The van der Waals surface area contributed by atoms with Gasteiger partial charge in [-0.1, -0.05) is 30.3 Å². The first kappa shape index (κ1) is 12.4. The quantitative estimate of drug-likeness (QED) is 0.912. The fourth-order valence-corrected chi connectivity index (χ4v) is 2.28. The summed E-state index contributed by atoms with van der Waals surface area (Å²) in [7, 11) is 0. The van der Waals surface area contributed by atoms with Gasteiger partial charge >= 0.3 is 0 Å². The Morgan fingerprint density at radius 1 is 1.00 bits per heavy atom. The largest absolute Gasteiger partial charge is 0.467 e. The van der Waals surface area contributed by atoms with Crippen LogP contribution in [0.25, 0.3) is 0 Å². The van der Waals surface area contributed by atoms with Crippen molar-refractivity contribution >= 4 is 0 Å².